The van der Waals surface area contributed by atoms with Gasteiger partial charge in [-0.05, 0) is 32.1 Å². The molecule has 0 aromatic carbocycles. The van der Waals surface area contributed by atoms with Gasteiger partial charge in [0, 0.05) is 52.9 Å². The average molecular weight is 484 g/mol. The standard InChI is InChI=1S/C18H36N4O3.HI/c1-4-19-18(20-9-6-12-25-14-13-24-3)21-10-8-17(23)22-11-5-7-16(2)15-22;/h16H,4-15H2,1-3H3,(H2,19,20,21);1H. The van der Waals surface area contributed by atoms with Crippen LogP contribution in [0, 0.1) is 5.92 Å². The lowest BCUT2D eigenvalue weighted by Crippen LogP contribution is -2.42. The molecule has 0 aliphatic carbocycles. The number of nitrogens with zero attached hydrogens (tertiary/aromatic N) is 2. The highest BCUT2D eigenvalue weighted by Gasteiger charge is 2.20. The molecular weight excluding hydrogens is 447 g/mol. The first-order chi connectivity index (χ1) is 12.2. The van der Waals surface area contributed by atoms with Gasteiger partial charge >= 0.3 is 0 Å². The van der Waals surface area contributed by atoms with Crippen LogP contribution < -0.4 is 10.6 Å². The van der Waals surface area contributed by atoms with E-state index in [9.17, 15) is 4.79 Å². The van der Waals surface area contributed by atoms with Gasteiger partial charge in [-0.15, -0.1) is 24.0 Å². The predicted octanol–water partition coefficient (Wildman–Crippen LogP) is 1.86. The zero-order valence-corrected chi connectivity index (χ0v) is 18.9. The van der Waals surface area contributed by atoms with Crippen molar-refractivity contribution in [2.75, 3.05) is 59.7 Å². The van der Waals surface area contributed by atoms with E-state index in [4.69, 9.17) is 9.47 Å². The fourth-order valence-corrected chi connectivity index (χ4v) is 2.81. The van der Waals surface area contributed by atoms with Gasteiger partial charge in [-0.1, -0.05) is 6.92 Å². The van der Waals surface area contributed by atoms with Crippen LogP contribution in [0.4, 0.5) is 0 Å². The number of carbonyl (C=O) groups is 1. The molecule has 1 aliphatic rings. The smallest absolute Gasteiger partial charge is 0.224 e. The SMILES string of the molecule is CCNC(=NCCCOCCOC)NCCC(=O)N1CCCC(C)C1.I. The lowest BCUT2D eigenvalue weighted by atomic mass is 10.00. The predicted molar refractivity (Wildman–Crippen MR) is 116 cm³/mol. The van der Waals surface area contributed by atoms with Crippen LogP contribution in [-0.2, 0) is 14.3 Å². The summed E-state index contributed by atoms with van der Waals surface area (Å²) in [6, 6.07) is 0. The summed E-state index contributed by atoms with van der Waals surface area (Å²) in [5.41, 5.74) is 0. The summed E-state index contributed by atoms with van der Waals surface area (Å²) in [5.74, 6) is 1.62. The first-order valence-corrected chi connectivity index (χ1v) is 9.54. The Labute approximate surface area is 175 Å². The number of piperidine rings is 1. The van der Waals surface area contributed by atoms with E-state index in [2.05, 4.69) is 22.5 Å². The van der Waals surface area contributed by atoms with Crippen molar-refractivity contribution in [3.05, 3.63) is 0 Å². The van der Waals surface area contributed by atoms with Crippen molar-refractivity contribution in [2.45, 2.75) is 39.5 Å². The quantitative estimate of drug-likeness (QED) is 0.203. The van der Waals surface area contributed by atoms with Gasteiger partial charge in [0.1, 0.15) is 0 Å². The number of nitrogens with one attached hydrogen (secondary N) is 2. The Hall–Kier alpha value is -0.610. The van der Waals surface area contributed by atoms with E-state index < -0.39 is 0 Å². The van der Waals surface area contributed by atoms with E-state index in [1.165, 1.54) is 6.42 Å². The highest BCUT2D eigenvalue weighted by molar-refractivity contribution is 14.0. The molecule has 1 heterocycles. The van der Waals surface area contributed by atoms with Gasteiger partial charge in [0.05, 0.1) is 13.2 Å². The van der Waals surface area contributed by atoms with Crippen LogP contribution in [-0.4, -0.2) is 76.4 Å². The Balaban J connectivity index is 0.00000625. The highest BCUT2D eigenvalue weighted by atomic mass is 127. The number of amides is 1. The van der Waals surface area contributed by atoms with Gasteiger partial charge in [-0.2, -0.15) is 0 Å². The van der Waals surface area contributed by atoms with Crippen molar-refractivity contribution in [1.29, 1.82) is 0 Å². The van der Waals surface area contributed by atoms with Crippen LogP contribution in [0.5, 0.6) is 0 Å². The number of ether oxygens (including phenoxy) is 2. The summed E-state index contributed by atoms with van der Waals surface area (Å²) in [5, 5.41) is 6.45. The minimum Gasteiger partial charge on any atom is -0.382 e. The molecule has 1 unspecified atom stereocenters. The zero-order chi connectivity index (χ0) is 18.3. The van der Waals surface area contributed by atoms with Crippen LogP contribution in [0.1, 0.15) is 39.5 Å². The van der Waals surface area contributed by atoms with Crippen LogP contribution in [0.15, 0.2) is 4.99 Å². The summed E-state index contributed by atoms with van der Waals surface area (Å²) in [6.07, 6.45) is 3.73. The van der Waals surface area contributed by atoms with E-state index in [1.807, 2.05) is 11.8 Å². The van der Waals surface area contributed by atoms with Crippen molar-refractivity contribution < 1.29 is 14.3 Å². The van der Waals surface area contributed by atoms with Crippen LogP contribution in [0.25, 0.3) is 0 Å². The molecule has 0 radical (unpaired) electrons. The summed E-state index contributed by atoms with van der Waals surface area (Å²) >= 11 is 0. The summed E-state index contributed by atoms with van der Waals surface area (Å²) < 4.78 is 10.3. The van der Waals surface area contributed by atoms with Gasteiger partial charge in [-0.3, -0.25) is 9.79 Å². The molecule has 0 saturated carbocycles. The van der Waals surface area contributed by atoms with Crippen molar-refractivity contribution >= 4 is 35.8 Å². The molecule has 1 atom stereocenters. The van der Waals surface area contributed by atoms with E-state index in [1.54, 1.807) is 7.11 Å². The Morgan fingerprint density at radius 3 is 2.77 bits per heavy atom. The normalized spacial score (nSPS) is 17.6. The van der Waals surface area contributed by atoms with E-state index in [0.29, 0.717) is 45.2 Å². The maximum Gasteiger partial charge on any atom is 0.224 e. The fraction of sp³-hybridized carbons (Fsp3) is 0.889. The second-order valence-corrected chi connectivity index (χ2v) is 6.48. The molecule has 154 valence electrons. The number of halogens is 1. The summed E-state index contributed by atoms with van der Waals surface area (Å²) in [6.45, 7) is 10.1. The second kappa shape index (κ2) is 16.6. The third-order valence-corrected chi connectivity index (χ3v) is 4.13. The maximum atomic E-state index is 12.3. The van der Waals surface area contributed by atoms with Gasteiger partial charge in [-0.25, -0.2) is 0 Å². The summed E-state index contributed by atoms with van der Waals surface area (Å²) in [7, 11) is 1.67. The molecule has 0 spiro atoms. The van der Waals surface area contributed by atoms with Gasteiger partial charge in [0.25, 0.3) is 0 Å². The van der Waals surface area contributed by atoms with Gasteiger partial charge in [0.2, 0.25) is 5.91 Å². The third-order valence-electron chi connectivity index (χ3n) is 4.13. The zero-order valence-electron chi connectivity index (χ0n) is 16.6. The topological polar surface area (TPSA) is 75.2 Å². The molecule has 7 nitrogen and oxygen atoms in total. The van der Waals surface area contributed by atoms with Crippen molar-refractivity contribution in [1.82, 2.24) is 15.5 Å². The number of carbonyl (C=O) groups excluding carboxylic acids is 1. The van der Waals surface area contributed by atoms with Crippen LogP contribution in [0.3, 0.4) is 0 Å². The lowest BCUT2D eigenvalue weighted by molar-refractivity contribution is -0.132. The fourth-order valence-electron chi connectivity index (χ4n) is 2.81. The minimum atomic E-state index is 0. The molecule has 1 saturated heterocycles. The Morgan fingerprint density at radius 1 is 1.27 bits per heavy atom. The first kappa shape index (κ1) is 25.4. The van der Waals surface area contributed by atoms with E-state index in [0.717, 1.165) is 38.4 Å². The molecule has 1 aliphatic heterocycles. The van der Waals surface area contributed by atoms with Gasteiger partial charge < -0.3 is 25.0 Å². The molecule has 0 bridgehead atoms. The molecule has 1 rings (SSSR count). The molecule has 0 aromatic rings. The van der Waals surface area contributed by atoms with Crippen LogP contribution >= 0.6 is 24.0 Å². The number of guanidine groups is 1. The van der Waals surface area contributed by atoms with E-state index in [-0.39, 0.29) is 29.9 Å². The molecule has 1 amide bonds. The monoisotopic (exact) mass is 484 g/mol. The van der Waals surface area contributed by atoms with Gasteiger partial charge in [0.15, 0.2) is 5.96 Å². The third kappa shape index (κ3) is 11.9. The molecule has 0 aromatic heterocycles. The Kier molecular flexibility index (Phi) is 16.2. The van der Waals surface area contributed by atoms with Crippen molar-refractivity contribution in [2.24, 2.45) is 10.9 Å². The second-order valence-electron chi connectivity index (χ2n) is 6.48. The Morgan fingerprint density at radius 2 is 2.08 bits per heavy atom. The molecule has 26 heavy (non-hydrogen) atoms. The Bertz CT molecular complexity index is 397. The largest absolute Gasteiger partial charge is 0.382 e. The number of rotatable bonds is 11. The molecule has 1 fully saturated rings. The van der Waals surface area contributed by atoms with E-state index >= 15 is 0 Å². The number of hydrogen-bond donors (Lipinski definition) is 2. The average Bonchev–Trinajstić information content (AvgIpc) is 2.60. The molecule has 2 N–H and O–H groups in total. The minimum absolute atomic E-state index is 0. The van der Waals surface area contributed by atoms with Crippen LogP contribution in [0.2, 0.25) is 0 Å². The van der Waals surface area contributed by atoms with Crippen molar-refractivity contribution in [3.63, 3.8) is 0 Å². The summed E-state index contributed by atoms with van der Waals surface area (Å²) in [4.78, 5) is 18.8. The first-order valence-electron chi connectivity index (χ1n) is 9.54. The van der Waals surface area contributed by atoms with Crippen molar-refractivity contribution in [3.8, 4) is 0 Å². The number of hydrogen-bond acceptors (Lipinski definition) is 4. The highest BCUT2D eigenvalue weighted by Crippen LogP contribution is 2.15. The number of methoxy groups -OCH3 is 1. The number of aliphatic imine (C=N–C) groups is 1. The maximum absolute atomic E-state index is 12.3. The molecular formula is C18H37IN4O3. The molecule has 8 heteroatoms. The lowest BCUT2D eigenvalue weighted by Gasteiger charge is -2.31. The number of likely N-dealkylation sites (tertiary alicyclic amines) is 1.